The van der Waals surface area contributed by atoms with Gasteiger partial charge >= 0.3 is 5.97 Å². The highest BCUT2D eigenvalue weighted by atomic mass is 16.5. The van der Waals surface area contributed by atoms with E-state index in [1.807, 2.05) is 25.1 Å². The Morgan fingerprint density at radius 1 is 1.10 bits per heavy atom. The molecule has 1 N–H and O–H groups in total. The first-order valence-corrected chi connectivity index (χ1v) is 9.10. The molecule has 0 aromatic heterocycles. The molecule has 1 aliphatic heterocycles. The van der Waals surface area contributed by atoms with E-state index in [1.165, 1.54) is 4.90 Å². The Hall–Kier alpha value is -3.61. The second kappa shape index (κ2) is 8.60. The van der Waals surface area contributed by atoms with Crippen LogP contribution in [0.15, 0.2) is 55.1 Å². The summed E-state index contributed by atoms with van der Waals surface area (Å²) in [5, 5.41) is 2.76. The lowest BCUT2D eigenvalue weighted by atomic mass is 10.1. The minimum Gasteiger partial charge on any atom is -0.496 e. The van der Waals surface area contributed by atoms with Gasteiger partial charge in [0.05, 0.1) is 13.2 Å². The molecule has 2 aromatic carbocycles. The third kappa shape index (κ3) is 4.29. The second-order valence-corrected chi connectivity index (χ2v) is 6.58. The Balaban J connectivity index is 1.51. The molecule has 0 saturated carbocycles. The van der Waals surface area contributed by atoms with Crippen LogP contribution in [0.2, 0.25) is 0 Å². The normalized spacial score (nSPS) is 13.7. The van der Waals surface area contributed by atoms with Crippen LogP contribution in [-0.2, 0) is 14.3 Å². The van der Waals surface area contributed by atoms with Gasteiger partial charge in [-0.2, -0.15) is 0 Å². The standard InChI is InChI=1S/C22H22N2O5/c1-14(16-8-6-7-11-19(16)28-3)23-20(25)13-29-21(26)12-24-15(2)17-9-4-5-10-18(17)22(24)27/h4-11,14H,2,12-13H2,1,3H3,(H,23,25). The Labute approximate surface area is 168 Å². The van der Waals surface area contributed by atoms with Crippen molar-refractivity contribution >= 4 is 23.5 Å². The first-order valence-electron chi connectivity index (χ1n) is 9.10. The summed E-state index contributed by atoms with van der Waals surface area (Å²) in [7, 11) is 1.56. The molecule has 0 radical (unpaired) electrons. The molecule has 1 aliphatic rings. The van der Waals surface area contributed by atoms with E-state index in [2.05, 4.69) is 11.9 Å². The minimum absolute atomic E-state index is 0.304. The Bertz CT molecular complexity index is 934. The van der Waals surface area contributed by atoms with Crippen molar-refractivity contribution in [3.63, 3.8) is 0 Å². The van der Waals surface area contributed by atoms with Crippen LogP contribution in [0.4, 0.5) is 0 Å². The maximum atomic E-state index is 12.4. The first-order chi connectivity index (χ1) is 13.9. The molecule has 1 heterocycles. The van der Waals surface area contributed by atoms with Crippen molar-refractivity contribution in [1.82, 2.24) is 10.2 Å². The zero-order valence-corrected chi connectivity index (χ0v) is 16.3. The van der Waals surface area contributed by atoms with Crippen molar-refractivity contribution in [2.75, 3.05) is 20.3 Å². The maximum Gasteiger partial charge on any atom is 0.326 e. The van der Waals surface area contributed by atoms with E-state index in [-0.39, 0.29) is 18.5 Å². The smallest absolute Gasteiger partial charge is 0.326 e. The lowest BCUT2D eigenvalue weighted by Crippen LogP contribution is -2.34. The van der Waals surface area contributed by atoms with Crippen LogP contribution in [0.3, 0.4) is 0 Å². The average molecular weight is 394 g/mol. The molecule has 0 bridgehead atoms. The Kier molecular flexibility index (Phi) is 5.97. The predicted octanol–water partition coefficient (Wildman–Crippen LogP) is 2.54. The van der Waals surface area contributed by atoms with Gasteiger partial charge in [-0.1, -0.05) is 43.0 Å². The summed E-state index contributed by atoms with van der Waals surface area (Å²) in [6.07, 6.45) is 0. The molecule has 0 saturated heterocycles. The van der Waals surface area contributed by atoms with Crippen LogP contribution in [0, 0.1) is 0 Å². The summed E-state index contributed by atoms with van der Waals surface area (Å²) in [4.78, 5) is 38.0. The predicted molar refractivity (Wildman–Crippen MR) is 107 cm³/mol. The number of rotatable bonds is 7. The zero-order chi connectivity index (χ0) is 21.0. The van der Waals surface area contributed by atoms with Crippen LogP contribution in [0.1, 0.15) is 34.5 Å². The number of carbonyl (C=O) groups excluding carboxylic acids is 3. The number of methoxy groups -OCH3 is 1. The van der Waals surface area contributed by atoms with Crippen molar-refractivity contribution in [2.45, 2.75) is 13.0 Å². The fourth-order valence-corrected chi connectivity index (χ4v) is 3.21. The molecule has 1 unspecified atom stereocenters. The highest BCUT2D eigenvalue weighted by Crippen LogP contribution is 2.30. The topological polar surface area (TPSA) is 84.9 Å². The summed E-state index contributed by atoms with van der Waals surface area (Å²) >= 11 is 0. The molecule has 0 spiro atoms. The van der Waals surface area contributed by atoms with E-state index in [4.69, 9.17) is 9.47 Å². The number of benzene rings is 2. The van der Waals surface area contributed by atoms with Crippen molar-refractivity contribution in [3.8, 4) is 5.75 Å². The Morgan fingerprint density at radius 2 is 1.76 bits per heavy atom. The van der Waals surface area contributed by atoms with E-state index in [1.54, 1.807) is 37.4 Å². The number of esters is 1. The number of amides is 2. The van der Waals surface area contributed by atoms with Gasteiger partial charge in [-0.15, -0.1) is 0 Å². The third-order valence-electron chi connectivity index (χ3n) is 4.67. The number of fused-ring (bicyclic) bond motifs is 1. The largest absolute Gasteiger partial charge is 0.496 e. The van der Waals surface area contributed by atoms with Crippen LogP contribution in [0.25, 0.3) is 5.70 Å². The van der Waals surface area contributed by atoms with E-state index in [0.29, 0.717) is 22.6 Å². The first kappa shape index (κ1) is 20.1. The highest BCUT2D eigenvalue weighted by Gasteiger charge is 2.32. The van der Waals surface area contributed by atoms with E-state index < -0.39 is 18.5 Å². The van der Waals surface area contributed by atoms with Gasteiger partial charge in [-0.25, -0.2) is 0 Å². The lowest BCUT2D eigenvalue weighted by molar-refractivity contribution is -0.148. The van der Waals surface area contributed by atoms with Gasteiger partial charge in [0.25, 0.3) is 11.8 Å². The number of carbonyl (C=O) groups is 3. The van der Waals surface area contributed by atoms with Gasteiger partial charge in [0.15, 0.2) is 6.61 Å². The van der Waals surface area contributed by atoms with Gasteiger partial charge in [0.1, 0.15) is 12.3 Å². The third-order valence-corrected chi connectivity index (χ3v) is 4.67. The Morgan fingerprint density at radius 3 is 2.45 bits per heavy atom. The second-order valence-electron chi connectivity index (χ2n) is 6.58. The van der Waals surface area contributed by atoms with E-state index >= 15 is 0 Å². The fourth-order valence-electron chi connectivity index (χ4n) is 3.21. The SMILES string of the molecule is C=C1c2ccccc2C(=O)N1CC(=O)OCC(=O)NC(C)c1ccccc1OC. The molecular weight excluding hydrogens is 372 g/mol. The van der Waals surface area contributed by atoms with Gasteiger partial charge in [0, 0.05) is 22.4 Å². The molecule has 2 aromatic rings. The summed E-state index contributed by atoms with van der Waals surface area (Å²) in [5.41, 5.74) is 2.44. The van der Waals surface area contributed by atoms with Crippen molar-refractivity contribution in [1.29, 1.82) is 0 Å². The van der Waals surface area contributed by atoms with E-state index in [0.717, 1.165) is 5.56 Å². The fraction of sp³-hybridized carbons (Fsp3) is 0.227. The van der Waals surface area contributed by atoms with E-state index in [9.17, 15) is 14.4 Å². The summed E-state index contributed by atoms with van der Waals surface area (Å²) < 4.78 is 10.3. The van der Waals surface area contributed by atoms with Gasteiger partial charge in [-0.05, 0) is 19.1 Å². The average Bonchev–Trinajstić information content (AvgIpc) is 2.97. The number of para-hydroxylation sites is 1. The number of hydrogen-bond donors (Lipinski definition) is 1. The van der Waals surface area contributed by atoms with Gasteiger partial charge < -0.3 is 14.8 Å². The lowest BCUT2D eigenvalue weighted by Gasteiger charge is -2.18. The maximum absolute atomic E-state index is 12.4. The molecule has 7 heteroatoms. The molecule has 1 atom stereocenters. The van der Waals surface area contributed by atoms with Crippen LogP contribution in [0.5, 0.6) is 5.75 Å². The summed E-state index contributed by atoms with van der Waals surface area (Å²) in [5.74, 6) is -0.793. The quantitative estimate of drug-likeness (QED) is 0.730. The molecule has 7 nitrogen and oxygen atoms in total. The monoisotopic (exact) mass is 394 g/mol. The number of ether oxygens (including phenoxy) is 2. The number of nitrogens with zero attached hydrogens (tertiary/aromatic N) is 1. The van der Waals surface area contributed by atoms with Gasteiger partial charge in [0.2, 0.25) is 0 Å². The van der Waals surface area contributed by atoms with Crippen LogP contribution < -0.4 is 10.1 Å². The molecule has 0 fully saturated rings. The molecule has 3 rings (SSSR count). The summed E-state index contributed by atoms with van der Waals surface area (Å²) in [6, 6.07) is 14.0. The molecule has 2 amide bonds. The number of hydrogen-bond acceptors (Lipinski definition) is 5. The highest BCUT2D eigenvalue weighted by molar-refractivity contribution is 6.10. The molecular formula is C22H22N2O5. The van der Waals surface area contributed by atoms with Crippen LogP contribution in [-0.4, -0.2) is 42.9 Å². The van der Waals surface area contributed by atoms with Crippen molar-refractivity contribution in [3.05, 3.63) is 71.8 Å². The molecule has 150 valence electrons. The number of nitrogens with one attached hydrogen (secondary N) is 1. The van der Waals surface area contributed by atoms with Crippen LogP contribution >= 0.6 is 0 Å². The molecule has 0 aliphatic carbocycles. The van der Waals surface area contributed by atoms with Crippen molar-refractivity contribution in [2.24, 2.45) is 0 Å². The molecule has 29 heavy (non-hydrogen) atoms. The van der Waals surface area contributed by atoms with Crippen molar-refractivity contribution < 1.29 is 23.9 Å². The summed E-state index contributed by atoms with van der Waals surface area (Å²) in [6.45, 7) is 4.93. The zero-order valence-electron chi connectivity index (χ0n) is 16.3. The minimum atomic E-state index is -0.688. The van der Waals surface area contributed by atoms with Gasteiger partial charge in [-0.3, -0.25) is 19.3 Å².